The van der Waals surface area contributed by atoms with Crippen LogP contribution in [0.15, 0.2) is 12.7 Å². The Morgan fingerprint density at radius 1 is 1.62 bits per heavy atom. The molecule has 4 heteroatoms. The number of rotatable bonds is 2. The maximum Gasteiger partial charge on any atom is 0.249 e. The number of halogens is 1. The molecule has 0 aromatic heterocycles. The van der Waals surface area contributed by atoms with Crippen LogP contribution < -0.4 is 5.32 Å². The Morgan fingerprint density at radius 3 is 2.25 bits per heavy atom. The second-order valence-electron chi connectivity index (χ2n) is 0.831. The molecule has 0 aromatic carbocycles. The van der Waals surface area contributed by atoms with E-state index >= 15 is 0 Å². The third kappa shape index (κ3) is 5.36. The zero-order valence-corrected chi connectivity index (χ0v) is 5.80. The van der Waals surface area contributed by atoms with Gasteiger partial charge in [-0.15, -0.1) is 17.0 Å². The van der Waals surface area contributed by atoms with E-state index in [4.69, 9.17) is 0 Å². The number of amides is 2. The molecule has 0 heterocycles. The van der Waals surface area contributed by atoms with Gasteiger partial charge in [-0.25, -0.2) is 0 Å². The summed E-state index contributed by atoms with van der Waals surface area (Å²) < 4.78 is 0. The van der Waals surface area contributed by atoms with Gasteiger partial charge in [0.2, 0.25) is 12.3 Å². The second-order valence-corrected chi connectivity index (χ2v) is 0.831. The molecule has 0 aliphatic carbocycles. The summed E-state index contributed by atoms with van der Waals surface area (Å²) in [6.07, 6.45) is 1.33. The van der Waals surface area contributed by atoms with Crippen LogP contribution in [0.5, 0.6) is 0 Å². The molecule has 0 atom stereocenters. The molecule has 0 rings (SSSR count). The molecule has 0 unspecified atom stereocenters. The van der Waals surface area contributed by atoms with E-state index in [1.54, 1.807) is 0 Å². The molecule has 0 fully saturated rings. The predicted molar refractivity (Wildman–Crippen MR) is 34.7 cm³/mol. The lowest BCUT2D eigenvalue weighted by atomic mass is 10.6. The van der Waals surface area contributed by atoms with Gasteiger partial charge in [-0.1, -0.05) is 6.58 Å². The van der Waals surface area contributed by atoms with Crippen molar-refractivity contribution in [3.8, 4) is 0 Å². The summed E-state index contributed by atoms with van der Waals surface area (Å²) in [6.45, 7) is 3.11. The van der Waals surface area contributed by atoms with Gasteiger partial charge >= 0.3 is 0 Å². The van der Waals surface area contributed by atoms with Gasteiger partial charge in [0, 0.05) is 0 Å². The smallest absolute Gasteiger partial charge is 0.249 e. The quantitative estimate of drug-likeness (QED) is 0.481. The van der Waals surface area contributed by atoms with Crippen LogP contribution in [0.25, 0.3) is 0 Å². The van der Waals surface area contributed by atoms with Crippen molar-refractivity contribution < 1.29 is 9.59 Å². The van der Waals surface area contributed by atoms with Crippen LogP contribution in [0.4, 0.5) is 0 Å². The molecule has 0 saturated heterocycles. The highest BCUT2D eigenvalue weighted by molar-refractivity contribution is 8.93. The Labute approximate surface area is 57.5 Å². The minimum absolute atomic E-state index is 0. The molecule has 2 amide bonds. The van der Waals surface area contributed by atoms with Gasteiger partial charge in [0.05, 0.1) is 0 Å². The van der Waals surface area contributed by atoms with E-state index < -0.39 is 5.91 Å². The molecule has 0 aromatic rings. The van der Waals surface area contributed by atoms with Crippen molar-refractivity contribution in [2.75, 3.05) is 0 Å². The Hall–Kier alpha value is -0.640. The lowest BCUT2D eigenvalue weighted by molar-refractivity contribution is -0.121. The summed E-state index contributed by atoms with van der Waals surface area (Å²) in [6, 6.07) is 0. The highest BCUT2D eigenvalue weighted by Crippen LogP contribution is 1.57. The molecule has 3 nitrogen and oxygen atoms in total. The molecule has 0 aliphatic heterocycles. The normalized spacial score (nSPS) is 6.00. The summed E-state index contributed by atoms with van der Waals surface area (Å²) >= 11 is 0. The minimum atomic E-state index is -0.477. The minimum Gasteiger partial charge on any atom is -0.295 e. The van der Waals surface area contributed by atoms with E-state index in [0.29, 0.717) is 6.41 Å². The van der Waals surface area contributed by atoms with Crippen molar-refractivity contribution in [3.05, 3.63) is 12.7 Å². The molecule has 0 aliphatic rings. The number of hydrogen-bond acceptors (Lipinski definition) is 2. The fourth-order valence-electron chi connectivity index (χ4n) is 0.117. The first-order valence-electron chi connectivity index (χ1n) is 1.68. The molecular weight excluding hydrogens is 174 g/mol. The van der Waals surface area contributed by atoms with E-state index in [1.807, 2.05) is 5.32 Å². The topological polar surface area (TPSA) is 46.2 Å². The third-order valence-electron chi connectivity index (χ3n) is 0.387. The van der Waals surface area contributed by atoms with E-state index in [0.717, 1.165) is 6.08 Å². The van der Waals surface area contributed by atoms with Gasteiger partial charge in [-0.3, -0.25) is 14.9 Å². The summed E-state index contributed by atoms with van der Waals surface area (Å²) in [5, 5.41) is 1.86. The van der Waals surface area contributed by atoms with Crippen molar-refractivity contribution in [1.29, 1.82) is 0 Å². The number of hydrogen-bond donors (Lipinski definition) is 1. The Balaban J connectivity index is 0. The standard InChI is InChI=1S/C4H5NO2.BrH/c1-2-4(7)5-3-6;/h2-3H,1H2,(H,5,6,7);1H. The average molecular weight is 180 g/mol. The Kier molecular flexibility index (Phi) is 8.24. The highest BCUT2D eigenvalue weighted by atomic mass is 79.9. The summed E-state index contributed by atoms with van der Waals surface area (Å²) in [7, 11) is 0. The van der Waals surface area contributed by atoms with Gasteiger partial charge in [0.15, 0.2) is 0 Å². The van der Waals surface area contributed by atoms with Crippen molar-refractivity contribution >= 4 is 29.3 Å². The van der Waals surface area contributed by atoms with Crippen LogP contribution in [-0.2, 0) is 9.59 Å². The summed E-state index contributed by atoms with van der Waals surface area (Å²) in [4.78, 5) is 19.3. The average Bonchev–Trinajstić information content (AvgIpc) is 1.68. The largest absolute Gasteiger partial charge is 0.295 e. The Bertz CT molecular complexity index is 102. The lowest BCUT2D eigenvalue weighted by Gasteiger charge is -1.81. The van der Waals surface area contributed by atoms with Crippen molar-refractivity contribution in [2.45, 2.75) is 0 Å². The summed E-state index contributed by atoms with van der Waals surface area (Å²) in [5.41, 5.74) is 0. The molecule has 0 bridgehead atoms. The van der Waals surface area contributed by atoms with Crippen LogP contribution in [0.2, 0.25) is 0 Å². The molecule has 8 heavy (non-hydrogen) atoms. The second kappa shape index (κ2) is 6.36. The van der Waals surface area contributed by atoms with Crippen LogP contribution in [0, 0.1) is 0 Å². The van der Waals surface area contributed by atoms with Crippen LogP contribution in [0.3, 0.4) is 0 Å². The molecule has 0 radical (unpaired) electrons. The van der Waals surface area contributed by atoms with Crippen molar-refractivity contribution in [3.63, 3.8) is 0 Å². The third-order valence-corrected chi connectivity index (χ3v) is 0.387. The van der Waals surface area contributed by atoms with Crippen LogP contribution in [0.1, 0.15) is 0 Å². The molecular formula is C4H6BrNO2. The molecule has 1 N–H and O–H groups in total. The number of imide groups is 1. The van der Waals surface area contributed by atoms with Gasteiger partial charge in [0.25, 0.3) is 0 Å². The van der Waals surface area contributed by atoms with E-state index in [1.165, 1.54) is 0 Å². The highest BCUT2D eigenvalue weighted by Gasteiger charge is 1.84. The fourth-order valence-corrected chi connectivity index (χ4v) is 0.117. The number of carbonyl (C=O) groups excluding carboxylic acids is 2. The summed E-state index contributed by atoms with van der Waals surface area (Å²) in [5.74, 6) is -0.477. The monoisotopic (exact) mass is 179 g/mol. The fraction of sp³-hybridized carbons (Fsp3) is 0. The maximum atomic E-state index is 9.95. The van der Waals surface area contributed by atoms with Crippen LogP contribution in [-0.4, -0.2) is 12.3 Å². The zero-order valence-electron chi connectivity index (χ0n) is 4.09. The number of carbonyl (C=O) groups is 2. The predicted octanol–water partition coefficient (Wildman–Crippen LogP) is 0.0229. The van der Waals surface area contributed by atoms with Crippen LogP contribution >= 0.6 is 17.0 Å². The first kappa shape index (κ1) is 10.4. The van der Waals surface area contributed by atoms with Gasteiger partial charge in [0.1, 0.15) is 0 Å². The SMILES string of the molecule is Br.C=CC(=O)NC=O. The molecule has 0 saturated carbocycles. The lowest BCUT2D eigenvalue weighted by Crippen LogP contribution is -2.17. The zero-order chi connectivity index (χ0) is 5.70. The van der Waals surface area contributed by atoms with Crippen molar-refractivity contribution in [2.24, 2.45) is 0 Å². The van der Waals surface area contributed by atoms with Gasteiger partial charge < -0.3 is 0 Å². The first-order chi connectivity index (χ1) is 3.31. The van der Waals surface area contributed by atoms with Gasteiger partial charge in [-0.2, -0.15) is 0 Å². The molecule has 46 valence electrons. The molecule has 0 spiro atoms. The Morgan fingerprint density at radius 2 is 2.12 bits per heavy atom. The number of nitrogens with one attached hydrogen (secondary N) is 1. The van der Waals surface area contributed by atoms with E-state index in [-0.39, 0.29) is 17.0 Å². The van der Waals surface area contributed by atoms with E-state index in [9.17, 15) is 9.59 Å². The first-order valence-corrected chi connectivity index (χ1v) is 1.68. The van der Waals surface area contributed by atoms with Crippen molar-refractivity contribution in [1.82, 2.24) is 5.32 Å². The maximum absolute atomic E-state index is 9.95. The van der Waals surface area contributed by atoms with Gasteiger partial charge in [-0.05, 0) is 6.08 Å². The van der Waals surface area contributed by atoms with E-state index in [2.05, 4.69) is 6.58 Å².